The lowest BCUT2D eigenvalue weighted by Crippen LogP contribution is -2.11. The largest absolute Gasteiger partial charge is 0.424 e. The molecule has 0 aliphatic rings. The smallest absolute Gasteiger partial charge is 0.263 e. The van der Waals surface area contributed by atoms with Crippen LogP contribution in [0.5, 0.6) is 0 Å². The van der Waals surface area contributed by atoms with Crippen LogP contribution in [0.25, 0.3) is 0 Å². The van der Waals surface area contributed by atoms with Gasteiger partial charge < -0.3 is 0 Å². The summed E-state index contributed by atoms with van der Waals surface area (Å²) in [4.78, 5) is 12.6. The lowest BCUT2D eigenvalue weighted by atomic mass is 10.1. The summed E-state index contributed by atoms with van der Waals surface area (Å²) in [7, 11) is 0. The second-order valence-corrected chi connectivity index (χ2v) is 2.78. The quantitative estimate of drug-likeness (QED) is 0.576. The standard InChI is InChI=1S/C8H4F3N3O2/c9-8(10,11)6-4-13-3-5(1-2-12)7(6)14(15)16/h3-4H,1H2. The van der Waals surface area contributed by atoms with Crippen LogP contribution in [0.3, 0.4) is 0 Å². The summed E-state index contributed by atoms with van der Waals surface area (Å²) in [5.74, 6) is 0. The fourth-order valence-corrected chi connectivity index (χ4v) is 1.13. The average molecular weight is 231 g/mol. The Kier molecular flexibility index (Phi) is 3.08. The van der Waals surface area contributed by atoms with Gasteiger partial charge in [0.2, 0.25) is 0 Å². The summed E-state index contributed by atoms with van der Waals surface area (Å²) in [5, 5.41) is 18.9. The number of nitriles is 1. The van der Waals surface area contributed by atoms with Crippen molar-refractivity contribution in [2.75, 3.05) is 0 Å². The number of halogens is 3. The molecule has 16 heavy (non-hydrogen) atoms. The van der Waals surface area contributed by atoms with E-state index in [0.29, 0.717) is 6.20 Å². The summed E-state index contributed by atoms with van der Waals surface area (Å²) in [6.07, 6.45) is -4.09. The van der Waals surface area contributed by atoms with Crippen molar-refractivity contribution in [3.05, 3.63) is 33.6 Å². The Hall–Kier alpha value is -2.17. The van der Waals surface area contributed by atoms with E-state index in [4.69, 9.17) is 5.26 Å². The summed E-state index contributed by atoms with van der Waals surface area (Å²) in [6, 6.07) is 1.55. The zero-order chi connectivity index (χ0) is 12.3. The Morgan fingerprint density at radius 2 is 2.12 bits per heavy atom. The lowest BCUT2D eigenvalue weighted by molar-refractivity contribution is -0.388. The van der Waals surface area contributed by atoms with Crippen LogP contribution in [-0.4, -0.2) is 9.91 Å². The Bertz CT molecular complexity index is 465. The summed E-state index contributed by atoms with van der Waals surface area (Å²) >= 11 is 0. The van der Waals surface area contributed by atoms with E-state index in [0.717, 1.165) is 6.20 Å². The van der Waals surface area contributed by atoms with Crippen LogP contribution < -0.4 is 0 Å². The topological polar surface area (TPSA) is 79.8 Å². The van der Waals surface area contributed by atoms with Gasteiger partial charge in [-0.2, -0.15) is 18.4 Å². The molecule has 1 aromatic heterocycles. The molecule has 0 unspecified atom stereocenters. The van der Waals surface area contributed by atoms with Gasteiger partial charge in [0.25, 0.3) is 5.69 Å². The highest BCUT2D eigenvalue weighted by Gasteiger charge is 2.40. The average Bonchev–Trinajstić information content (AvgIpc) is 2.16. The van der Waals surface area contributed by atoms with E-state index in [1.165, 1.54) is 0 Å². The van der Waals surface area contributed by atoms with Gasteiger partial charge in [-0.25, -0.2) is 0 Å². The first-order chi connectivity index (χ1) is 7.38. The molecule has 0 aliphatic carbocycles. The molecule has 0 aliphatic heterocycles. The first-order valence-corrected chi connectivity index (χ1v) is 3.93. The van der Waals surface area contributed by atoms with Crippen LogP contribution in [0, 0.1) is 21.4 Å². The minimum atomic E-state index is -4.86. The number of hydrogen-bond donors (Lipinski definition) is 0. The summed E-state index contributed by atoms with van der Waals surface area (Å²) in [5.41, 5.74) is -2.89. The fourth-order valence-electron chi connectivity index (χ4n) is 1.13. The van der Waals surface area contributed by atoms with Gasteiger partial charge >= 0.3 is 6.18 Å². The predicted molar refractivity (Wildman–Crippen MR) is 45.2 cm³/mol. The Labute approximate surface area is 87.3 Å². The van der Waals surface area contributed by atoms with Gasteiger partial charge in [-0.05, 0) is 0 Å². The number of rotatable bonds is 2. The predicted octanol–water partition coefficient (Wildman–Crippen LogP) is 2.07. The van der Waals surface area contributed by atoms with Crippen molar-refractivity contribution in [1.29, 1.82) is 5.26 Å². The molecule has 8 heteroatoms. The van der Waals surface area contributed by atoms with Gasteiger partial charge in [0, 0.05) is 12.4 Å². The second-order valence-electron chi connectivity index (χ2n) is 2.78. The van der Waals surface area contributed by atoms with Crippen molar-refractivity contribution in [3.63, 3.8) is 0 Å². The van der Waals surface area contributed by atoms with Crippen molar-refractivity contribution in [3.8, 4) is 6.07 Å². The molecule has 0 atom stereocenters. The molecule has 0 aromatic carbocycles. The molecule has 0 spiro atoms. The molecule has 84 valence electrons. The third-order valence-electron chi connectivity index (χ3n) is 1.75. The Morgan fingerprint density at radius 3 is 2.56 bits per heavy atom. The van der Waals surface area contributed by atoms with Gasteiger partial charge in [0.1, 0.15) is 0 Å². The van der Waals surface area contributed by atoms with E-state index in [2.05, 4.69) is 4.98 Å². The molecule has 1 rings (SSSR count). The third-order valence-corrected chi connectivity index (χ3v) is 1.75. The van der Waals surface area contributed by atoms with Crippen molar-refractivity contribution >= 4 is 5.69 Å². The number of hydrogen-bond acceptors (Lipinski definition) is 4. The Balaban J connectivity index is 3.46. The molecular weight excluding hydrogens is 227 g/mol. The first-order valence-electron chi connectivity index (χ1n) is 3.93. The van der Waals surface area contributed by atoms with Crippen LogP contribution >= 0.6 is 0 Å². The highest BCUT2D eigenvalue weighted by Crippen LogP contribution is 2.37. The zero-order valence-electron chi connectivity index (χ0n) is 7.65. The van der Waals surface area contributed by atoms with Gasteiger partial charge in [-0.1, -0.05) is 0 Å². The van der Waals surface area contributed by atoms with Crippen LogP contribution in [0.2, 0.25) is 0 Å². The van der Waals surface area contributed by atoms with E-state index in [1.54, 1.807) is 6.07 Å². The maximum atomic E-state index is 12.4. The monoisotopic (exact) mass is 231 g/mol. The maximum absolute atomic E-state index is 12.4. The fraction of sp³-hybridized carbons (Fsp3) is 0.250. The molecule has 1 aromatic rings. The normalized spacial score (nSPS) is 10.9. The molecule has 0 fully saturated rings. The first kappa shape index (κ1) is 11.9. The number of alkyl halides is 3. The third kappa shape index (κ3) is 2.25. The molecular formula is C8H4F3N3O2. The van der Waals surface area contributed by atoms with Crippen molar-refractivity contribution in [1.82, 2.24) is 4.98 Å². The van der Waals surface area contributed by atoms with Crippen LogP contribution in [-0.2, 0) is 12.6 Å². The van der Waals surface area contributed by atoms with Crippen molar-refractivity contribution < 1.29 is 18.1 Å². The Morgan fingerprint density at radius 1 is 1.50 bits per heavy atom. The lowest BCUT2D eigenvalue weighted by Gasteiger charge is -2.08. The minimum Gasteiger partial charge on any atom is -0.263 e. The van der Waals surface area contributed by atoms with Gasteiger partial charge in [0.05, 0.1) is 23.0 Å². The maximum Gasteiger partial charge on any atom is 0.424 e. The number of aromatic nitrogens is 1. The van der Waals surface area contributed by atoms with E-state index >= 15 is 0 Å². The molecule has 0 N–H and O–H groups in total. The van der Waals surface area contributed by atoms with E-state index in [1.807, 2.05) is 0 Å². The molecule has 0 saturated heterocycles. The molecule has 0 amide bonds. The van der Waals surface area contributed by atoms with E-state index < -0.39 is 28.8 Å². The highest BCUT2D eigenvalue weighted by atomic mass is 19.4. The van der Waals surface area contributed by atoms with Crippen molar-refractivity contribution in [2.24, 2.45) is 0 Å². The van der Waals surface area contributed by atoms with Crippen LogP contribution in [0.4, 0.5) is 18.9 Å². The zero-order valence-corrected chi connectivity index (χ0v) is 7.65. The summed E-state index contributed by atoms with van der Waals surface area (Å²) in [6.45, 7) is 0. The van der Waals surface area contributed by atoms with E-state index in [9.17, 15) is 23.3 Å². The van der Waals surface area contributed by atoms with Crippen LogP contribution in [0.1, 0.15) is 11.1 Å². The van der Waals surface area contributed by atoms with Crippen LogP contribution in [0.15, 0.2) is 12.4 Å². The highest BCUT2D eigenvalue weighted by molar-refractivity contribution is 5.48. The minimum absolute atomic E-state index is 0.345. The summed E-state index contributed by atoms with van der Waals surface area (Å²) < 4.78 is 37.2. The molecule has 0 bridgehead atoms. The van der Waals surface area contributed by atoms with Crippen molar-refractivity contribution in [2.45, 2.75) is 12.6 Å². The molecule has 0 radical (unpaired) electrons. The van der Waals surface area contributed by atoms with Gasteiger partial charge in [-0.3, -0.25) is 15.1 Å². The van der Waals surface area contributed by atoms with E-state index in [-0.39, 0.29) is 5.56 Å². The number of nitrogens with zero attached hydrogens (tertiary/aromatic N) is 3. The van der Waals surface area contributed by atoms with Gasteiger partial charge in [-0.15, -0.1) is 0 Å². The molecule has 1 heterocycles. The SMILES string of the molecule is N#CCc1cncc(C(F)(F)F)c1[N+](=O)[O-]. The number of pyridine rings is 1. The second kappa shape index (κ2) is 4.14. The molecule has 0 saturated carbocycles. The molecule has 5 nitrogen and oxygen atoms in total. The van der Waals surface area contributed by atoms with Gasteiger partial charge in [0.15, 0.2) is 5.56 Å². The number of nitro groups is 1.